The maximum Gasteiger partial charge on any atom is 0.258 e. The van der Waals surface area contributed by atoms with E-state index in [9.17, 15) is 4.79 Å². The van der Waals surface area contributed by atoms with E-state index in [0.717, 1.165) is 29.4 Å². The van der Waals surface area contributed by atoms with E-state index >= 15 is 0 Å². The molecule has 0 aliphatic carbocycles. The van der Waals surface area contributed by atoms with Gasteiger partial charge in [-0.15, -0.1) is 0 Å². The lowest BCUT2D eigenvalue weighted by Gasteiger charge is -2.14. The monoisotopic (exact) mass is 271 g/mol. The quantitative estimate of drug-likeness (QED) is 0.873. The highest BCUT2D eigenvalue weighted by Crippen LogP contribution is 2.24. The van der Waals surface area contributed by atoms with Gasteiger partial charge in [-0.25, -0.2) is 0 Å². The largest absolute Gasteiger partial charge is 0.483 e. The molecule has 3 nitrogen and oxygen atoms in total. The molecule has 0 spiro atoms. The minimum Gasteiger partial charge on any atom is -0.483 e. The molecule has 2 aromatic rings. The molecule has 1 N–H and O–H groups in total. The number of rotatable bonds is 6. The van der Waals surface area contributed by atoms with Crippen molar-refractivity contribution < 1.29 is 9.53 Å². The zero-order valence-corrected chi connectivity index (χ0v) is 12.1. The van der Waals surface area contributed by atoms with Gasteiger partial charge in [0, 0.05) is 11.4 Å². The van der Waals surface area contributed by atoms with E-state index in [1.165, 1.54) is 0 Å². The number of hydrogen-bond acceptors (Lipinski definition) is 2. The predicted molar refractivity (Wildman–Crippen MR) is 82.0 cm³/mol. The number of carbonyl (C=O) groups excluding carboxylic acids is 1. The molecular weight excluding hydrogens is 250 g/mol. The number of nitrogens with one attached hydrogen (secondary N) is 1. The number of ether oxygens (including phenoxy) is 1. The van der Waals surface area contributed by atoms with E-state index in [2.05, 4.69) is 12.2 Å². The maximum atomic E-state index is 11.8. The summed E-state index contributed by atoms with van der Waals surface area (Å²) in [4.78, 5) is 11.8. The summed E-state index contributed by atoms with van der Waals surface area (Å²) in [6.45, 7) is 4.18. The van der Waals surface area contributed by atoms with Crippen LogP contribution in [0.2, 0.25) is 0 Å². The fourth-order valence-corrected chi connectivity index (χ4v) is 2.29. The molecule has 0 fully saturated rings. The highest BCUT2D eigenvalue weighted by Gasteiger charge is 2.08. The SMILES string of the molecule is CCC[C@@H](C)NC(=O)COc1cccc2ccccc12. The first kappa shape index (κ1) is 14.4. The van der Waals surface area contributed by atoms with E-state index in [1.54, 1.807) is 0 Å². The van der Waals surface area contributed by atoms with Crippen molar-refractivity contribution >= 4 is 16.7 Å². The smallest absolute Gasteiger partial charge is 0.258 e. The Labute approximate surface area is 119 Å². The number of amides is 1. The molecule has 0 saturated heterocycles. The van der Waals surface area contributed by atoms with Gasteiger partial charge in [-0.3, -0.25) is 4.79 Å². The van der Waals surface area contributed by atoms with Gasteiger partial charge in [0.15, 0.2) is 6.61 Å². The van der Waals surface area contributed by atoms with Crippen molar-refractivity contribution in [3.05, 3.63) is 42.5 Å². The molecule has 106 valence electrons. The Morgan fingerprint density at radius 3 is 2.75 bits per heavy atom. The number of benzene rings is 2. The Bertz CT molecular complexity index is 575. The van der Waals surface area contributed by atoms with Gasteiger partial charge in [0.2, 0.25) is 0 Å². The summed E-state index contributed by atoms with van der Waals surface area (Å²) < 4.78 is 5.65. The Morgan fingerprint density at radius 2 is 1.95 bits per heavy atom. The molecule has 2 rings (SSSR count). The molecule has 0 heterocycles. The zero-order valence-electron chi connectivity index (χ0n) is 12.1. The zero-order chi connectivity index (χ0) is 14.4. The maximum absolute atomic E-state index is 11.8. The lowest BCUT2D eigenvalue weighted by molar-refractivity contribution is -0.123. The summed E-state index contributed by atoms with van der Waals surface area (Å²) >= 11 is 0. The standard InChI is InChI=1S/C17H21NO2/c1-3-7-13(2)18-17(19)12-20-16-11-6-9-14-8-4-5-10-15(14)16/h4-6,8-11,13H,3,7,12H2,1-2H3,(H,18,19)/t13-/m1/s1. The molecule has 0 aliphatic heterocycles. The normalized spacial score (nSPS) is 12.1. The van der Waals surface area contributed by atoms with Crippen molar-refractivity contribution in [1.82, 2.24) is 5.32 Å². The third kappa shape index (κ3) is 3.73. The molecule has 0 bridgehead atoms. The van der Waals surface area contributed by atoms with Crippen LogP contribution >= 0.6 is 0 Å². The number of hydrogen-bond donors (Lipinski definition) is 1. The van der Waals surface area contributed by atoms with Gasteiger partial charge in [-0.2, -0.15) is 0 Å². The summed E-state index contributed by atoms with van der Waals surface area (Å²) in [7, 11) is 0. The molecule has 20 heavy (non-hydrogen) atoms. The highest BCUT2D eigenvalue weighted by atomic mass is 16.5. The first-order valence-electron chi connectivity index (χ1n) is 7.10. The number of carbonyl (C=O) groups is 1. The Kier molecular flexibility index (Phi) is 4.99. The van der Waals surface area contributed by atoms with Crippen LogP contribution in [0.4, 0.5) is 0 Å². The number of fused-ring (bicyclic) bond motifs is 1. The van der Waals surface area contributed by atoms with Gasteiger partial charge in [0.1, 0.15) is 5.75 Å². The minimum absolute atomic E-state index is 0.0576. The Balaban J connectivity index is 1.97. The van der Waals surface area contributed by atoms with Crippen molar-refractivity contribution in [2.24, 2.45) is 0 Å². The molecule has 3 heteroatoms. The lowest BCUT2D eigenvalue weighted by atomic mass is 10.1. The van der Waals surface area contributed by atoms with E-state index in [4.69, 9.17) is 4.74 Å². The van der Waals surface area contributed by atoms with Crippen molar-refractivity contribution in [3.63, 3.8) is 0 Å². The summed E-state index contributed by atoms with van der Waals surface area (Å²) in [6.07, 6.45) is 2.05. The van der Waals surface area contributed by atoms with Gasteiger partial charge in [-0.05, 0) is 24.8 Å². The second-order valence-electron chi connectivity index (χ2n) is 5.02. The lowest BCUT2D eigenvalue weighted by Crippen LogP contribution is -2.35. The van der Waals surface area contributed by atoms with Crippen LogP contribution in [0.25, 0.3) is 10.8 Å². The van der Waals surface area contributed by atoms with Crippen LogP contribution in [0.5, 0.6) is 5.75 Å². The molecule has 0 unspecified atom stereocenters. The van der Waals surface area contributed by atoms with E-state index in [1.807, 2.05) is 49.4 Å². The van der Waals surface area contributed by atoms with Crippen LogP contribution in [0.1, 0.15) is 26.7 Å². The summed E-state index contributed by atoms with van der Waals surface area (Å²) in [5, 5.41) is 5.08. The third-order valence-corrected chi connectivity index (χ3v) is 3.24. The van der Waals surface area contributed by atoms with Crippen LogP contribution in [0, 0.1) is 0 Å². The van der Waals surface area contributed by atoms with Crippen LogP contribution in [0.15, 0.2) is 42.5 Å². The minimum atomic E-state index is -0.0705. The fraction of sp³-hybridized carbons (Fsp3) is 0.353. The van der Waals surface area contributed by atoms with E-state index in [0.29, 0.717) is 0 Å². The van der Waals surface area contributed by atoms with E-state index in [-0.39, 0.29) is 18.6 Å². The average Bonchev–Trinajstić information content (AvgIpc) is 2.45. The third-order valence-electron chi connectivity index (χ3n) is 3.24. The molecule has 0 aromatic heterocycles. The summed E-state index contributed by atoms with van der Waals surface area (Å²) in [6, 6.07) is 14.1. The second kappa shape index (κ2) is 6.94. The topological polar surface area (TPSA) is 38.3 Å². The second-order valence-corrected chi connectivity index (χ2v) is 5.02. The first-order chi connectivity index (χ1) is 9.70. The average molecular weight is 271 g/mol. The van der Waals surface area contributed by atoms with Crippen molar-refractivity contribution in [2.75, 3.05) is 6.61 Å². The van der Waals surface area contributed by atoms with Crippen LogP contribution in [-0.2, 0) is 4.79 Å². The van der Waals surface area contributed by atoms with Crippen molar-refractivity contribution in [3.8, 4) is 5.75 Å². The fourth-order valence-electron chi connectivity index (χ4n) is 2.29. The molecule has 1 amide bonds. The van der Waals surface area contributed by atoms with E-state index < -0.39 is 0 Å². The molecule has 0 saturated carbocycles. The Hall–Kier alpha value is -2.03. The molecule has 1 atom stereocenters. The summed E-state index contributed by atoms with van der Waals surface area (Å²) in [5.74, 6) is 0.681. The summed E-state index contributed by atoms with van der Waals surface area (Å²) in [5.41, 5.74) is 0. The first-order valence-corrected chi connectivity index (χ1v) is 7.10. The van der Waals surface area contributed by atoms with Gasteiger partial charge in [-0.1, -0.05) is 49.7 Å². The molecular formula is C17H21NO2. The van der Waals surface area contributed by atoms with Crippen LogP contribution in [0.3, 0.4) is 0 Å². The van der Waals surface area contributed by atoms with Gasteiger partial charge >= 0.3 is 0 Å². The molecule has 0 aliphatic rings. The van der Waals surface area contributed by atoms with Gasteiger partial charge in [0.05, 0.1) is 0 Å². The van der Waals surface area contributed by atoms with Gasteiger partial charge in [0.25, 0.3) is 5.91 Å². The predicted octanol–water partition coefficient (Wildman–Crippen LogP) is 3.52. The Morgan fingerprint density at radius 1 is 1.20 bits per heavy atom. The molecule has 0 radical (unpaired) electrons. The molecule has 2 aromatic carbocycles. The van der Waals surface area contributed by atoms with Crippen LogP contribution in [-0.4, -0.2) is 18.6 Å². The van der Waals surface area contributed by atoms with Crippen molar-refractivity contribution in [2.45, 2.75) is 32.7 Å². The van der Waals surface area contributed by atoms with Crippen LogP contribution < -0.4 is 10.1 Å². The van der Waals surface area contributed by atoms with Gasteiger partial charge < -0.3 is 10.1 Å². The highest BCUT2D eigenvalue weighted by molar-refractivity contribution is 5.88. The van der Waals surface area contributed by atoms with Crippen molar-refractivity contribution in [1.29, 1.82) is 0 Å².